The van der Waals surface area contributed by atoms with Crippen LogP contribution in [-0.2, 0) is 37.0 Å². The van der Waals surface area contributed by atoms with Gasteiger partial charge in [0.25, 0.3) is 0 Å². The van der Waals surface area contributed by atoms with Crippen LogP contribution in [0.4, 0.5) is 57.5 Å². The third-order valence-corrected chi connectivity index (χ3v) is 23.3. The molecule has 129 heavy (non-hydrogen) atoms. The van der Waals surface area contributed by atoms with Gasteiger partial charge in [-0.1, -0.05) is 60.7 Å². The number of esters is 2. The normalized spacial score (nSPS) is 10.8. The highest BCUT2D eigenvalue weighted by atomic mass is 127. The van der Waals surface area contributed by atoms with Gasteiger partial charge in [0.2, 0.25) is 0 Å². The predicted molar refractivity (Wildman–Crippen MR) is 456 cm³/mol. The number of methoxy groups -OCH3 is 1. The first-order valence-electron chi connectivity index (χ1n) is 36.6. The highest BCUT2D eigenvalue weighted by Gasteiger charge is 2.27. The van der Waals surface area contributed by atoms with Crippen molar-refractivity contribution in [3.63, 3.8) is 0 Å². The van der Waals surface area contributed by atoms with Gasteiger partial charge in [-0.15, -0.1) is 45.3 Å². The van der Waals surface area contributed by atoms with Crippen LogP contribution in [0.3, 0.4) is 0 Å². The second-order valence-electron chi connectivity index (χ2n) is 26.1. The number of ketones is 2. The number of Topliss-reactive ketones (excluding diaryl/α,β-unsaturated/α-hetero) is 2. The third-order valence-electron chi connectivity index (χ3n) is 17.3. The molecule has 666 valence electrons. The van der Waals surface area contributed by atoms with Gasteiger partial charge in [0.05, 0.1) is 111 Å². The number of thiophene rings is 4. The summed E-state index contributed by atoms with van der Waals surface area (Å²) < 4.78 is 171. The van der Waals surface area contributed by atoms with E-state index in [4.69, 9.17) is 41.2 Å². The maximum Gasteiger partial charge on any atom is 0.408 e. The Balaban J connectivity index is 0.000000213. The van der Waals surface area contributed by atoms with E-state index in [9.17, 15) is 91.0 Å². The van der Waals surface area contributed by atoms with E-state index >= 15 is 0 Å². The molecular weight excluding hydrogens is 1910 g/mol. The molecule has 0 saturated carbocycles. The van der Waals surface area contributed by atoms with E-state index in [-0.39, 0.29) is 105 Å². The number of nitrogens with one attached hydrogen (secondary N) is 1. The number of pyridine rings is 8. The van der Waals surface area contributed by atoms with Crippen LogP contribution in [0.2, 0.25) is 0 Å². The minimum absolute atomic E-state index is 0.00190. The number of aryl methyl sites for hydroxylation is 4. The molecule has 14 aromatic rings. The first-order valence-corrected chi connectivity index (χ1v) is 40.9. The number of hydrogen-bond donors (Lipinski definition) is 4. The molecule has 0 spiro atoms. The SMILES string of the molecule is COC(=O)c1cc2ncc(F)c(C)c2s1.Cc1c(F)cnc(C#N)c1F.Cc1c(F)cnc(C=O)c1F.Cc1c(F)cnc2cc(C(=O)CC[C@@H](N)C(=O)O)sc12.Cc1c(F)cnc2cc(C(=O)CC[C@@H](NC(=O)OCc3ccccc3)C(=O)OCc3ccccc3)sc12.Cc1c(F)cnc2cc(C(=O)O)sc12.N#Cc1ncc(F)c(I)c1F.N#Cc1ncc(F)cc1F. The fraction of sp³-hybridized carbons (Fsp3) is 0.174. The van der Waals surface area contributed by atoms with Crippen molar-refractivity contribution in [2.75, 3.05) is 7.11 Å². The van der Waals surface area contributed by atoms with Crippen molar-refractivity contribution in [2.45, 2.75) is 92.5 Å². The number of aliphatic carboxylic acids is 1. The first kappa shape index (κ1) is 102. The smallest absolute Gasteiger partial charge is 0.408 e. The topological polar surface area (TPSA) is 417 Å². The number of alkyl carbamates (subject to hydrolysis) is 1. The summed E-state index contributed by atoms with van der Waals surface area (Å²) in [4.78, 5) is 123. The number of nitrogens with two attached hydrogens (primary N) is 1. The molecule has 0 aliphatic heterocycles. The summed E-state index contributed by atoms with van der Waals surface area (Å²) in [6.45, 7) is 9.10. The van der Waals surface area contributed by atoms with Crippen molar-refractivity contribution >= 4 is 157 Å². The molecule has 0 aliphatic carbocycles. The zero-order valence-corrected chi connectivity index (χ0v) is 73.1. The monoisotopic (exact) mass is 1970 g/mol. The van der Waals surface area contributed by atoms with Gasteiger partial charge >= 0.3 is 30.0 Å². The largest absolute Gasteiger partial charge is 0.480 e. The molecule has 12 aromatic heterocycles. The van der Waals surface area contributed by atoms with E-state index in [1.807, 2.05) is 60.7 Å². The number of carbonyl (C=O) groups excluding carboxylic acids is 6. The lowest BCUT2D eigenvalue weighted by molar-refractivity contribution is -0.147. The van der Waals surface area contributed by atoms with Gasteiger partial charge in [0, 0.05) is 52.3 Å². The zero-order valence-electron chi connectivity index (χ0n) is 67.7. The number of carboxylic acid groups (broad SMARTS) is 2. The Hall–Kier alpha value is -14.0. The number of aromatic nitrogens is 8. The molecule has 2 aromatic carbocycles. The Kier molecular flexibility index (Phi) is 38.4. The Labute approximate surface area is 752 Å². The summed E-state index contributed by atoms with van der Waals surface area (Å²) in [5.41, 5.74) is 9.21. The summed E-state index contributed by atoms with van der Waals surface area (Å²) in [7, 11) is 1.31. The summed E-state index contributed by atoms with van der Waals surface area (Å²) in [6.07, 6.45) is 7.32. The Morgan fingerprint density at radius 2 is 0.837 bits per heavy atom. The van der Waals surface area contributed by atoms with Crippen molar-refractivity contribution in [1.29, 1.82) is 15.8 Å². The second kappa shape index (κ2) is 48.6. The Morgan fingerprint density at radius 1 is 0.465 bits per heavy atom. The van der Waals surface area contributed by atoms with Crippen molar-refractivity contribution in [3.05, 3.63) is 301 Å². The molecule has 2 atom stereocenters. The molecule has 0 saturated heterocycles. The summed E-state index contributed by atoms with van der Waals surface area (Å²) in [5.74, 6) is -11.9. The fourth-order valence-electron chi connectivity index (χ4n) is 10.1. The van der Waals surface area contributed by atoms with Crippen LogP contribution in [0.15, 0.2) is 141 Å². The lowest BCUT2D eigenvalue weighted by atomic mass is 10.1. The zero-order chi connectivity index (χ0) is 95.2. The number of carbonyl (C=O) groups is 8. The van der Waals surface area contributed by atoms with Gasteiger partial charge in [0.15, 0.2) is 64.0 Å². The van der Waals surface area contributed by atoms with Crippen LogP contribution in [0, 0.1) is 149 Å². The minimum Gasteiger partial charge on any atom is -0.480 e. The molecule has 0 unspecified atom stereocenters. The number of hydrogen-bond acceptors (Lipinski definition) is 27. The molecule has 5 N–H and O–H groups in total. The van der Waals surface area contributed by atoms with Gasteiger partial charge in [0.1, 0.15) is 99.7 Å². The number of halogens is 13. The highest BCUT2D eigenvalue weighted by Crippen LogP contribution is 2.34. The van der Waals surface area contributed by atoms with Gasteiger partial charge in [-0.3, -0.25) is 39.1 Å². The number of nitriles is 3. The molecule has 0 aliphatic rings. The van der Waals surface area contributed by atoms with Crippen molar-refractivity contribution in [2.24, 2.45) is 5.73 Å². The van der Waals surface area contributed by atoms with Crippen LogP contribution in [0.5, 0.6) is 0 Å². The van der Waals surface area contributed by atoms with Crippen LogP contribution in [0.25, 0.3) is 40.9 Å². The molecule has 0 fully saturated rings. The van der Waals surface area contributed by atoms with E-state index in [0.29, 0.717) is 83.8 Å². The third kappa shape index (κ3) is 28.5. The fourth-order valence-corrected chi connectivity index (χ4v) is 14.6. The predicted octanol–water partition coefficient (Wildman–Crippen LogP) is 18.9. The molecule has 0 bridgehead atoms. The molecular formula is C86H64F12IN13O13S4. The number of aldehydes is 1. The number of aromatic carboxylic acids is 1. The second-order valence-corrected chi connectivity index (χ2v) is 31.4. The van der Waals surface area contributed by atoms with Crippen molar-refractivity contribution in [1.82, 2.24) is 45.2 Å². The first-order chi connectivity index (χ1) is 61.2. The number of amides is 1. The van der Waals surface area contributed by atoms with Gasteiger partial charge < -0.3 is 35.5 Å². The Morgan fingerprint density at radius 3 is 1.26 bits per heavy atom. The summed E-state index contributed by atoms with van der Waals surface area (Å²) in [6, 6.07) is 27.5. The van der Waals surface area contributed by atoms with Crippen LogP contribution in [-0.4, -0.2) is 117 Å². The van der Waals surface area contributed by atoms with E-state index < -0.39 is 106 Å². The van der Waals surface area contributed by atoms with E-state index in [2.05, 4.69) is 49.9 Å². The average molecular weight is 1970 g/mol. The lowest BCUT2D eigenvalue weighted by Gasteiger charge is -2.17. The summed E-state index contributed by atoms with van der Waals surface area (Å²) >= 11 is 6.03. The molecule has 14 rings (SSSR count). The maximum atomic E-state index is 13.8. The maximum absolute atomic E-state index is 13.8. The minimum atomic E-state index is -1.13. The molecule has 1 amide bonds. The number of rotatable bonds is 18. The Bertz CT molecular complexity index is 6570. The number of fused-ring (bicyclic) bond motifs is 4. The lowest BCUT2D eigenvalue weighted by Crippen LogP contribution is -2.42. The number of nitrogens with zero attached hydrogens (tertiary/aromatic N) is 11. The van der Waals surface area contributed by atoms with Crippen LogP contribution >= 0.6 is 67.9 Å². The van der Waals surface area contributed by atoms with Crippen molar-refractivity contribution < 1.29 is 115 Å². The number of ether oxygens (including phenoxy) is 3. The summed E-state index contributed by atoms with van der Waals surface area (Å²) in [5, 5.41) is 44.6. The average Bonchev–Trinajstić information content (AvgIpc) is 1.68. The van der Waals surface area contributed by atoms with Gasteiger partial charge in [-0.05, 0) is 112 Å². The highest BCUT2D eigenvalue weighted by molar-refractivity contribution is 14.1. The van der Waals surface area contributed by atoms with Crippen LogP contribution < -0.4 is 11.1 Å². The van der Waals surface area contributed by atoms with E-state index in [1.165, 1.54) is 90.5 Å². The van der Waals surface area contributed by atoms with Crippen LogP contribution in [0.1, 0.15) is 136 Å². The quantitative estimate of drug-likeness (QED) is 0.0155. The standard InChI is InChI=1S/C28H25FN2O5S.C13H13FN2O3S.C10H8FNO2S.C9H6FNO2S.C7H4F2N2.C7H5F2NO.C6HF2IN2.C6H2F2N2/c1-18-21(29)15-30-23-14-25(37-26(18)23)24(32)13-12-22(27(33)35-16-19-8-4-2-5-9-19)31-28(34)36-17-20-10-6-3-7-11-20;1-6-7(14)5-16-9-4-11(20-12(6)9)10(17)3-2-8(15)13(18)19;1-5-6(11)4-12-7-3-8(10(13)14-2)15-9(5)7;1-4-5(10)3-11-6-2-7(9(12)13)14-8(4)6;1-4-5(8)3-11-6(2-10)7(4)9;1-4-5(8)2-10-6(3-11)7(4)9;7-3-2-11-4(1-10)5(8)6(3)9;7-4-1-5(8)6(2-9)10-3-4/h2-11,14-15,22H,12-13,16-17H2,1H3,(H,31,34);4-5,8H,2-3,15H2,1H3,(H,18,19);3-4H,1-2H3;2-3H,1H3,(H,12,13);3H,1H3;2-3H,1H3;2H;1,3H/t22-;8-;;;;;;/m11....../s1. The number of benzene rings is 2. The van der Waals surface area contributed by atoms with Gasteiger partial charge in [-0.2, -0.15) is 15.8 Å². The number of carboxylic acids is 2. The van der Waals surface area contributed by atoms with E-state index in [1.54, 1.807) is 45.9 Å². The van der Waals surface area contributed by atoms with Crippen molar-refractivity contribution in [3.8, 4) is 18.2 Å². The molecule has 43 heteroatoms. The molecule has 12 heterocycles. The molecule has 0 radical (unpaired) electrons. The van der Waals surface area contributed by atoms with E-state index in [0.717, 1.165) is 83.4 Å². The van der Waals surface area contributed by atoms with Gasteiger partial charge in [-0.25, -0.2) is 91.8 Å². The molecule has 26 nitrogen and oxygen atoms in total.